The molecule has 1 aromatic carbocycles. The molecular weight excluding hydrogens is 302 g/mol. The number of amides is 1. The number of carbonyl (C=O) groups excluding carboxylic acids is 2. The molecule has 0 fully saturated rings. The number of anilines is 1. The van der Waals surface area contributed by atoms with Crippen molar-refractivity contribution in [2.24, 2.45) is 0 Å². The van der Waals surface area contributed by atoms with Gasteiger partial charge in [0.1, 0.15) is 6.10 Å². The molecule has 22 heavy (non-hydrogen) atoms. The van der Waals surface area contributed by atoms with Gasteiger partial charge in [-0.1, -0.05) is 23.9 Å². The van der Waals surface area contributed by atoms with Crippen molar-refractivity contribution in [2.45, 2.75) is 38.9 Å². The van der Waals surface area contributed by atoms with E-state index in [9.17, 15) is 19.8 Å². The average molecular weight is 323 g/mol. The van der Waals surface area contributed by atoms with E-state index in [2.05, 4.69) is 0 Å². The van der Waals surface area contributed by atoms with E-state index in [0.717, 1.165) is 29.4 Å². The van der Waals surface area contributed by atoms with Crippen molar-refractivity contribution in [1.29, 1.82) is 0 Å². The number of aliphatic hydroxyl groups is 2. The van der Waals surface area contributed by atoms with Crippen LogP contribution in [0.5, 0.6) is 0 Å². The van der Waals surface area contributed by atoms with E-state index in [4.69, 9.17) is 0 Å². The molecule has 0 radical (unpaired) electrons. The molecule has 6 heteroatoms. The largest absolute Gasteiger partial charge is 0.390 e. The number of hydrogen-bond donors (Lipinski definition) is 2. The van der Waals surface area contributed by atoms with Crippen molar-refractivity contribution in [1.82, 2.24) is 0 Å². The summed E-state index contributed by atoms with van der Waals surface area (Å²) >= 11 is 1.14. The summed E-state index contributed by atoms with van der Waals surface area (Å²) in [6.45, 7) is 3.67. The number of fused-ring (bicyclic) bond motifs is 1. The molecule has 1 amide bonds. The van der Waals surface area contributed by atoms with E-state index in [1.165, 1.54) is 13.8 Å². The maximum Gasteiger partial charge on any atom is 0.223 e. The minimum absolute atomic E-state index is 0.00328. The zero-order valence-electron chi connectivity index (χ0n) is 12.8. The molecule has 0 bridgehead atoms. The number of rotatable bonds is 5. The highest BCUT2D eigenvalue weighted by Gasteiger charge is 2.25. The third-order valence-electron chi connectivity index (χ3n) is 3.80. The summed E-state index contributed by atoms with van der Waals surface area (Å²) in [6.07, 6.45) is -0.784. The van der Waals surface area contributed by atoms with Gasteiger partial charge in [-0.25, -0.2) is 0 Å². The van der Waals surface area contributed by atoms with Gasteiger partial charge in [0.05, 0.1) is 6.10 Å². The Bertz CT molecular complexity index is 575. The Kier molecular flexibility index (Phi) is 5.61. The average Bonchev–Trinajstić information content (AvgIpc) is 2.88. The van der Waals surface area contributed by atoms with Crippen LogP contribution in [0.15, 0.2) is 18.2 Å². The molecule has 0 saturated carbocycles. The highest BCUT2D eigenvalue weighted by molar-refractivity contribution is 8.13. The third kappa shape index (κ3) is 3.88. The van der Waals surface area contributed by atoms with Crippen LogP contribution in [0.1, 0.15) is 37.5 Å². The minimum Gasteiger partial charge on any atom is -0.390 e. The Labute approximate surface area is 134 Å². The van der Waals surface area contributed by atoms with Crippen molar-refractivity contribution in [3.63, 3.8) is 0 Å². The van der Waals surface area contributed by atoms with E-state index < -0.39 is 12.2 Å². The first-order chi connectivity index (χ1) is 10.4. The van der Waals surface area contributed by atoms with Gasteiger partial charge in [-0.15, -0.1) is 0 Å². The minimum atomic E-state index is -0.982. The lowest BCUT2D eigenvalue weighted by Gasteiger charge is -2.19. The Morgan fingerprint density at radius 3 is 2.68 bits per heavy atom. The Hall–Kier alpha value is -1.37. The number of hydrogen-bond acceptors (Lipinski definition) is 5. The lowest BCUT2D eigenvalue weighted by Crippen LogP contribution is -2.25. The van der Waals surface area contributed by atoms with Crippen LogP contribution >= 0.6 is 11.8 Å². The predicted octanol–water partition coefficient (Wildman–Crippen LogP) is 1.66. The number of aliphatic hydroxyl groups excluding tert-OH is 2. The normalized spacial score (nSPS) is 16.3. The summed E-state index contributed by atoms with van der Waals surface area (Å²) < 4.78 is 0. The van der Waals surface area contributed by atoms with E-state index in [1.807, 2.05) is 12.1 Å². The molecule has 0 saturated heterocycles. The molecule has 1 aliphatic rings. The van der Waals surface area contributed by atoms with Crippen molar-refractivity contribution in [3.05, 3.63) is 29.3 Å². The first kappa shape index (κ1) is 17.0. The van der Waals surface area contributed by atoms with Crippen LogP contribution in [0.2, 0.25) is 0 Å². The molecule has 0 spiro atoms. The van der Waals surface area contributed by atoms with Gasteiger partial charge in [0.2, 0.25) is 5.91 Å². The highest BCUT2D eigenvalue weighted by Crippen LogP contribution is 2.31. The van der Waals surface area contributed by atoms with Crippen LogP contribution in [0, 0.1) is 0 Å². The van der Waals surface area contributed by atoms with Crippen LogP contribution in [-0.4, -0.2) is 39.6 Å². The maximum atomic E-state index is 11.5. The zero-order chi connectivity index (χ0) is 16.3. The molecule has 1 aliphatic heterocycles. The van der Waals surface area contributed by atoms with Gasteiger partial charge in [0, 0.05) is 31.8 Å². The zero-order valence-corrected chi connectivity index (χ0v) is 13.6. The molecule has 2 N–H and O–H groups in total. The van der Waals surface area contributed by atoms with Gasteiger partial charge in [-0.2, -0.15) is 0 Å². The molecule has 1 heterocycles. The van der Waals surface area contributed by atoms with E-state index in [1.54, 1.807) is 11.0 Å². The van der Waals surface area contributed by atoms with Gasteiger partial charge < -0.3 is 15.1 Å². The molecule has 2 rings (SSSR count). The van der Waals surface area contributed by atoms with Gasteiger partial charge in [-0.05, 0) is 30.0 Å². The summed E-state index contributed by atoms with van der Waals surface area (Å²) in [5.74, 6) is 0.490. The fourth-order valence-electron chi connectivity index (χ4n) is 2.64. The summed E-state index contributed by atoms with van der Waals surface area (Å²) in [5.41, 5.74) is 2.53. The topological polar surface area (TPSA) is 77.8 Å². The van der Waals surface area contributed by atoms with Gasteiger partial charge in [0.25, 0.3) is 0 Å². The molecule has 0 aromatic heterocycles. The predicted molar refractivity (Wildman–Crippen MR) is 86.9 cm³/mol. The maximum absolute atomic E-state index is 11.5. The van der Waals surface area contributed by atoms with Crippen molar-refractivity contribution >= 4 is 28.5 Å². The van der Waals surface area contributed by atoms with E-state index >= 15 is 0 Å². The molecule has 120 valence electrons. The smallest absolute Gasteiger partial charge is 0.223 e. The SMILES string of the molecule is CC(=O)SCCC(O)C(O)c1ccc2c(c1)CCN2C(C)=O. The van der Waals surface area contributed by atoms with E-state index in [-0.39, 0.29) is 11.0 Å². The lowest BCUT2D eigenvalue weighted by molar-refractivity contribution is -0.116. The molecular formula is C16H21NO4S. The van der Waals surface area contributed by atoms with Gasteiger partial charge >= 0.3 is 0 Å². The fourth-order valence-corrected chi connectivity index (χ4v) is 3.28. The van der Waals surface area contributed by atoms with Crippen LogP contribution in [0.3, 0.4) is 0 Å². The molecule has 2 atom stereocenters. The number of benzene rings is 1. The lowest BCUT2D eigenvalue weighted by atomic mass is 9.99. The Morgan fingerprint density at radius 2 is 2.05 bits per heavy atom. The monoisotopic (exact) mass is 323 g/mol. The number of carbonyl (C=O) groups is 2. The third-order valence-corrected chi connectivity index (χ3v) is 4.65. The first-order valence-electron chi connectivity index (χ1n) is 7.30. The highest BCUT2D eigenvalue weighted by atomic mass is 32.2. The van der Waals surface area contributed by atoms with Gasteiger partial charge in [-0.3, -0.25) is 9.59 Å². The summed E-state index contributed by atoms with van der Waals surface area (Å²) in [6, 6.07) is 5.41. The van der Waals surface area contributed by atoms with Crippen molar-refractivity contribution in [2.75, 3.05) is 17.2 Å². The van der Waals surface area contributed by atoms with Crippen LogP contribution in [0.25, 0.3) is 0 Å². The number of thioether (sulfide) groups is 1. The molecule has 0 aliphatic carbocycles. The van der Waals surface area contributed by atoms with Gasteiger partial charge in [0.15, 0.2) is 5.12 Å². The summed E-state index contributed by atoms with van der Waals surface area (Å²) in [5, 5.41) is 20.3. The van der Waals surface area contributed by atoms with Crippen LogP contribution in [0.4, 0.5) is 5.69 Å². The summed E-state index contributed by atoms with van der Waals surface area (Å²) in [4.78, 5) is 24.1. The molecule has 5 nitrogen and oxygen atoms in total. The Balaban J connectivity index is 2.04. The van der Waals surface area contributed by atoms with Crippen molar-refractivity contribution in [3.8, 4) is 0 Å². The number of nitrogens with zero attached hydrogens (tertiary/aromatic N) is 1. The van der Waals surface area contributed by atoms with Crippen LogP contribution < -0.4 is 4.90 Å². The second-order valence-electron chi connectivity index (χ2n) is 5.45. The standard InChI is InChI=1S/C16H21NO4S/c1-10(18)17-7-5-12-9-13(3-4-14(12)17)16(21)15(20)6-8-22-11(2)19/h3-4,9,15-16,20-21H,5-8H2,1-2H3. The van der Waals surface area contributed by atoms with Crippen LogP contribution in [-0.2, 0) is 16.0 Å². The quantitative estimate of drug-likeness (QED) is 0.862. The molecule has 1 aromatic rings. The Morgan fingerprint density at radius 1 is 1.32 bits per heavy atom. The molecule has 2 unspecified atom stereocenters. The second-order valence-corrected chi connectivity index (χ2v) is 6.72. The first-order valence-corrected chi connectivity index (χ1v) is 8.29. The second kappa shape index (κ2) is 7.26. The summed E-state index contributed by atoms with van der Waals surface area (Å²) in [7, 11) is 0. The van der Waals surface area contributed by atoms with Crippen molar-refractivity contribution < 1.29 is 19.8 Å². The fraction of sp³-hybridized carbons (Fsp3) is 0.500. The van der Waals surface area contributed by atoms with E-state index in [0.29, 0.717) is 24.3 Å².